The Labute approximate surface area is 155 Å². The summed E-state index contributed by atoms with van der Waals surface area (Å²) in [5.74, 6) is -1.06. The van der Waals surface area contributed by atoms with Crippen molar-refractivity contribution in [2.75, 3.05) is 5.32 Å². The van der Waals surface area contributed by atoms with Crippen LogP contribution in [-0.4, -0.2) is 22.0 Å². The first-order valence-corrected chi connectivity index (χ1v) is 9.04. The topological polar surface area (TPSA) is 79.3 Å². The third-order valence-electron chi connectivity index (χ3n) is 3.79. The number of thiazole rings is 1. The molecule has 1 amide bonds. The second-order valence-corrected chi connectivity index (χ2v) is 6.84. The lowest BCUT2D eigenvalue weighted by Gasteiger charge is -2.02. The van der Waals surface area contributed by atoms with E-state index in [-0.39, 0.29) is 12.3 Å². The molecule has 1 heterocycles. The summed E-state index contributed by atoms with van der Waals surface area (Å²) < 4.78 is 0. The van der Waals surface area contributed by atoms with Crippen molar-refractivity contribution < 1.29 is 14.7 Å². The summed E-state index contributed by atoms with van der Waals surface area (Å²) in [6.07, 6.45) is 0.867. The number of nitrogens with zero attached hydrogens (tertiary/aromatic N) is 1. The summed E-state index contributed by atoms with van der Waals surface area (Å²) in [5.41, 5.74) is 2.54. The molecule has 0 bridgehead atoms. The summed E-state index contributed by atoms with van der Waals surface area (Å²) in [6.45, 7) is 0. The smallest absolute Gasteiger partial charge is 0.308 e. The molecule has 0 saturated carbocycles. The third kappa shape index (κ3) is 4.77. The van der Waals surface area contributed by atoms with Crippen LogP contribution >= 0.6 is 11.3 Å². The van der Waals surface area contributed by atoms with Crippen molar-refractivity contribution in [2.24, 2.45) is 0 Å². The van der Waals surface area contributed by atoms with Gasteiger partial charge in [0.25, 0.3) is 0 Å². The fraction of sp³-hybridized carbons (Fsp3) is 0.150. The van der Waals surface area contributed by atoms with Gasteiger partial charge in [0, 0.05) is 16.9 Å². The van der Waals surface area contributed by atoms with Gasteiger partial charge >= 0.3 is 5.97 Å². The Morgan fingerprint density at radius 1 is 1.00 bits per heavy atom. The molecule has 2 N–H and O–H groups in total. The zero-order chi connectivity index (χ0) is 18.4. The van der Waals surface area contributed by atoms with Crippen LogP contribution in [0.15, 0.2) is 60.7 Å². The Hall–Kier alpha value is -2.99. The lowest BCUT2D eigenvalue weighted by molar-refractivity contribution is -0.136. The number of carbonyl (C=O) groups is 2. The molecule has 3 aromatic rings. The molecule has 0 spiro atoms. The Bertz CT molecular complexity index is 892. The van der Waals surface area contributed by atoms with Gasteiger partial charge in [-0.3, -0.25) is 9.59 Å². The van der Waals surface area contributed by atoms with E-state index in [1.165, 1.54) is 11.3 Å². The SMILES string of the molecule is O=C(O)Cc1sc(NC(=O)CCc2ccccc2)nc1-c1ccccc1. The highest BCUT2D eigenvalue weighted by Gasteiger charge is 2.17. The molecule has 2 aromatic carbocycles. The molecule has 0 fully saturated rings. The van der Waals surface area contributed by atoms with E-state index in [1.807, 2.05) is 60.7 Å². The Balaban J connectivity index is 1.72. The van der Waals surface area contributed by atoms with E-state index in [9.17, 15) is 9.59 Å². The largest absolute Gasteiger partial charge is 0.481 e. The van der Waals surface area contributed by atoms with Crippen LogP contribution in [-0.2, 0) is 22.4 Å². The predicted molar refractivity (Wildman–Crippen MR) is 102 cm³/mol. The van der Waals surface area contributed by atoms with Crippen molar-refractivity contribution >= 4 is 28.3 Å². The average Bonchev–Trinajstić information content (AvgIpc) is 3.03. The first-order valence-electron chi connectivity index (χ1n) is 8.22. The fourth-order valence-corrected chi connectivity index (χ4v) is 3.56. The van der Waals surface area contributed by atoms with Crippen LogP contribution in [0.4, 0.5) is 5.13 Å². The maximum Gasteiger partial charge on any atom is 0.308 e. The lowest BCUT2D eigenvalue weighted by Crippen LogP contribution is -2.12. The molecular formula is C20H18N2O3S. The Kier molecular flexibility index (Phi) is 5.76. The van der Waals surface area contributed by atoms with Crippen LogP contribution < -0.4 is 5.32 Å². The number of carbonyl (C=O) groups excluding carboxylic acids is 1. The molecule has 5 nitrogen and oxygen atoms in total. The van der Waals surface area contributed by atoms with E-state index in [0.29, 0.717) is 28.5 Å². The van der Waals surface area contributed by atoms with Gasteiger partial charge in [-0.05, 0) is 12.0 Å². The molecule has 0 unspecified atom stereocenters. The van der Waals surface area contributed by atoms with Gasteiger partial charge in [-0.15, -0.1) is 11.3 Å². The van der Waals surface area contributed by atoms with Crippen LogP contribution in [0, 0.1) is 0 Å². The van der Waals surface area contributed by atoms with Crippen molar-refractivity contribution in [3.8, 4) is 11.3 Å². The molecule has 1 aromatic heterocycles. The summed E-state index contributed by atoms with van der Waals surface area (Å²) in [7, 11) is 0. The molecule has 132 valence electrons. The van der Waals surface area contributed by atoms with Crippen molar-refractivity contribution in [1.82, 2.24) is 4.98 Å². The predicted octanol–water partition coefficient (Wildman–Crippen LogP) is 4.01. The number of aromatic nitrogens is 1. The summed E-state index contributed by atoms with van der Waals surface area (Å²) >= 11 is 1.21. The van der Waals surface area contributed by atoms with Gasteiger partial charge in [-0.1, -0.05) is 60.7 Å². The van der Waals surface area contributed by atoms with Gasteiger partial charge in [0.05, 0.1) is 12.1 Å². The maximum atomic E-state index is 12.2. The second-order valence-electron chi connectivity index (χ2n) is 5.76. The highest BCUT2D eigenvalue weighted by molar-refractivity contribution is 7.16. The van der Waals surface area contributed by atoms with Gasteiger partial charge in [0.2, 0.25) is 5.91 Å². The monoisotopic (exact) mass is 366 g/mol. The van der Waals surface area contributed by atoms with Crippen LogP contribution in [0.5, 0.6) is 0 Å². The van der Waals surface area contributed by atoms with E-state index in [4.69, 9.17) is 5.11 Å². The van der Waals surface area contributed by atoms with Crippen LogP contribution in [0.2, 0.25) is 0 Å². The van der Waals surface area contributed by atoms with Gasteiger partial charge in [-0.25, -0.2) is 4.98 Å². The van der Waals surface area contributed by atoms with Crippen molar-refractivity contribution in [3.05, 3.63) is 71.1 Å². The van der Waals surface area contributed by atoms with Crippen molar-refractivity contribution in [3.63, 3.8) is 0 Å². The molecular weight excluding hydrogens is 348 g/mol. The molecule has 0 radical (unpaired) electrons. The summed E-state index contributed by atoms with van der Waals surface area (Å²) in [5, 5.41) is 12.4. The molecule has 0 saturated heterocycles. The van der Waals surface area contributed by atoms with E-state index in [2.05, 4.69) is 10.3 Å². The molecule has 0 aliphatic rings. The van der Waals surface area contributed by atoms with E-state index >= 15 is 0 Å². The number of nitrogens with one attached hydrogen (secondary N) is 1. The number of aliphatic carboxylic acids is 1. The maximum absolute atomic E-state index is 12.2. The van der Waals surface area contributed by atoms with Crippen LogP contribution in [0.1, 0.15) is 16.9 Å². The second kappa shape index (κ2) is 8.40. The third-order valence-corrected chi connectivity index (χ3v) is 4.76. The number of carboxylic acid groups (broad SMARTS) is 1. The zero-order valence-electron chi connectivity index (χ0n) is 14.0. The quantitative estimate of drug-likeness (QED) is 0.662. The first-order chi connectivity index (χ1) is 12.6. The van der Waals surface area contributed by atoms with E-state index in [1.54, 1.807) is 0 Å². The molecule has 26 heavy (non-hydrogen) atoms. The molecule has 3 rings (SSSR count). The fourth-order valence-electron chi connectivity index (χ4n) is 2.57. The molecule has 6 heteroatoms. The molecule has 0 aliphatic heterocycles. The zero-order valence-corrected chi connectivity index (χ0v) is 14.8. The minimum absolute atomic E-state index is 0.123. The average molecular weight is 366 g/mol. The van der Waals surface area contributed by atoms with Gasteiger partial charge in [0.1, 0.15) is 0 Å². The first kappa shape index (κ1) is 17.8. The minimum Gasteiger partial charge on any atom is -0.481 e. The summed E-state index contributed by atoms with van der Waals surface area (Å²) in [4.78, 5) is 28.4. The number of amides is 1. The minimum atomic E-state index is -0.923. The lowest BCUT2D eigenvalue weighted by atomic mass is 10.1. The van der Waals surface area contributed by atoms with Crippen molar-refractivity contribution in [1.29, 1.82) is 0 Å². The number of carboxylic acids is 1. The highest BCUT2D eigenvalue weighted by atomic mass is 32.1. The van der Waals surface area contributed by atoms with Crippen LogP contribution in [0.25, 0.3) is 11.3 Å². The highest BCUT2D eigenvalue weighted by Crippen LogP contribution is 2.31. The van der Waals surface area contributed by atoms with Crippen LogP contribution in [0.3, 0.4) is 0 Å². The standard InChI is InChI=1S/C20H18N2O3S/c23-17(12-11-14-7-3-1-4-8-14)21-20-22-19(15-9-5-2-6-10-15)16(26-20)13-18(24)25/h1-10H,11-13H2,(H,24,25)(H,21,22,23). The number of benzene rings is 2. The Morgan fingerprint density at radius 2 is 1.65 bits per heavy atom. The number of rotatable bonds is 7. The van der Waals surface area contributed by atoms with E-state index in [0.717, 1.165) is 11.1 Å². The van der Waals surface area contributed by atoms with E-state index < -0.39 is 5.97 Å². The number of hydrogen-bond donors (Lipinski definition) is 2. The van der Waals surface area contributed by atoms with Gasteiger partial charge in [-0.2, -0.15) is 0 Å². The number of hydrogen-bond acceptors (Lipinski definition) is 4. The Morgan fingerprint density at radius 3 is 2.31 bits per heavy atom. The number of anilines is 1. The molecule has 0 atom stereocenters. The van der Waals surface area contributed by atoms with Gasteiger partial charge < -0.3 is 10.4 Å². The van der Waals surface area contributed by atoms with Gasteiger partial charge in [0.15, 0.2) is 5.13 Å². The molecule has 0 aliphatic carbocycles. The van der Waals surface area contributed by atoms with Crippen molar-refractivity contribution in [2.45, 2.75) is 19.3 Å². The normalized spacial score (nSPS) is 10.5. The number of aryl methyl sites for hydroxylation is 1. The summed E-state index contributed by atoms with van der Waals surface area (Å²) in [6, 6.07) is 19.2.